The van der Waals surface area contributed by atoms with Crippen LogP contribution in [0.25, 0.3) is 0 Å². The SMILES string of the molecule is CN(CC(=O)NCc1ccc2c(c1)OCO2)Cc1cccs1. The van der Waals surface area contributed by atoms with Gasteiger partial charge in [0.25, 0.3) is 0 Å². The zero-order chi connectivity index (χ0) is 15.4. The highest BCUT2D eigenvalue weighted by Crippen LogP contribution is 2.32. The molecule has 0 atom stereocenters. The van der Waals surface area contributed by atoms with Gasteiger partial charge in [0.15, 0.2) is 11.5 Å². The lowest BCUT2D eigenvalue weighted by Gasteiger charge is -2.15. The topological polar surface area (TPSA) is 50.8 Å². The van der Waals surface area contributed by atoms with Crippen molar-refractivity contribution in [2.75, 3.05) is 20.4 Å². The number of carbonyl (C=O) groups is 1. The van der Waals surface area contributed by atoms with E-state index >= 15 is 0 Å². The van der Waals surface area contributed by atoms with Gasteiger partial charge >= 0.3 is 0 Å². The molecule has 0 bridgehead atoms. The molecule has 116 valence electrons. The minimum absolute atomic E-state index is 0.0109. The molecule has 0 aliphatic carbocycles. The van der Waals surface area contributed by atoms with Crippen molar-refractivity contribution in [1.29, 1.82) is 0 Å². The minimum atomic E-state index is 0.0109. The van der Waals surface area contributed by atoms with E-state index in [9.17, 15) is 4.79 Å². The van der Waals surface area contributed by atoms with Gasteiger partial charge in [-0.05, 0) is 36.2 Å². The van der Waals surface area contributed by atoms with E-state index in [1.165, 1.54) is 4.88 Å². The predicted octanol–water partition coefficient (Wildman–Crippen LogP) is 2.22. The number of carbonyl (C=O) groups excluding carboxylic acids is 1. The maximum absolute atomic E-state index is 12.0. The summed E-state index contributed by atoms with van der Waals surface area (Å²) in [5, 5.41) is 4.97. The number of ether oxygens (including phenoxy) is 2. The molecule has 0 saturated carbocycles. The summed E-state index contributed by atoms with van der Waals surface area (Å²) in [7, 11) is 1.94. The van der Waals surface area contributed by atoms with Crippen LogP contribution < -0.4 is 14.8 Å². The predicted molar refractivity (Wildman–Crippen MR) is 85.1 cm³/mol. The Bertz CT molecular complexity index is 643. The van der Waals surface area contributed by atoms with Gasteiger partial charge in [0.2, 0.25) is 12.7 Å². The first kappa shape index (κ1) is 14.9. The second kappa shape index (κ2) is 6.81. The van der Waals surface area contributed by atoms with Gasteiger partial charge in [-0.1, -0.05) is 12.1 Å². The number of hydrogen-bond acceptors (Lipinski definition) is 5. The van der Waals surface area contributed by atoms with E-state index in [0.717, 1.165) is 23.6 Å². The molecule has 1 N–H and O–H groups in total. The molecule has 0 spiro atoms. The zero-order valence-electron chi connectivity index (χ0n) is 12.4. The normalized spacial score (nSPS) is 12.6. The summed E-state index contributed by atoms with van der Waals surface area (Å²) in [5.41, 5.74) is 0.999. The summed E-state index contributed by atoms with van der Waals surface area (Å²) in [4.78, 5) is 15.2. The third kappa shape index (κ3) is 3.78. The van der Waals surface area contributed by atoms with E-state index in [0.29, 0.717) is 13.1 Å². The average molecular weight is 318 g/mol. The average Bonchev–Trinajstić information content (AvgIpc) is 3.15. The van der Waals surface area contributed by atoms with Crippen LogP contribution in [-0.2, 0) is 17.9 Å². The molecular weight excluding hydrogens is 300 g/mol. The first-order chi connectivity index (χ1) is 10.7. The van der Waals surface area contributed by atoms with E-state index in [2.05, 4.69) is 11.4 Å². The Morgan fingerprint density at radius 3 is 3.00 bits per heavy atom. The van der Waals surface area contributed by atoms with Crippen molar-refractivity contribution in [3.05, 3.63) is 46.2 Å². The highest BCUT2D eigenvalue weighted by atomic mass is 32.1. The summed E-state index contributed by atoms with van der Waals surface area (Å²) >= 11 is 1.70. The number of nitrogens with zero attached hydrogens (tertiary/aromatic N) is 1. The minimum Gasteiger partial charge on any atom is -0.454 e. The van der Waals surface area contributed by atoms with Crippen molar-refractivity contribution in [1.82, 2.24) is 10.2 Å². The van der Waals surface area contributed by atoms with E-state index in [1.54, 1.807) is 11.3 Å². The highest BCUT2D eigenvalue weighted by Gasteiger charge is 2.13. The summed E-state index contributed by atoms with van der Waals surface area (Å²) in [6, 6.07) is 9.80. The van der Waals surface area contributed by atoms with Crippen LogP contribution in [0, 0.1) is 0 Å². The highest BCUT2D eigenvalue weighted by molar-refractivity contribution is 7.09. The van der Waals surface area contributed by atoms with E-state index < -0.39 is 0 Å². The van der Waals surface area contributed by atoms with Gasteiger partial charge in [0.05, 0.1) is 6.54 Å². The number of likely N-dealkylation sites (N-methyl/N-ethyl adjacent to an activating group) is 1. The fraction of sp³-hybridized carbons (Fsp3) is 0.312. The summed E-state index contributed by atoms with van der Waals surface area (Å²) in [6.07, 6.45) is 0. The van der Waals surface area contributed by atoms with Crippen molar-refractivity contribution >= 4 is 17.2 Å². The van der Waals surface area contributed by atoms with Crippen LogP contribution in [0.5, 0.6) is 11.5 Å². The van der Waals surface area contributed by atoms with Crippen LogP contribution in [-0.4, -0.2) is 31.2 Å². The van der Waals surface area contributed by atoms with Gasteiger partial charge in [0.1, 0.15) is 0 Å². The molecule has 1 aliphatic heterocycles. The molecule has 1 aromatic carbocycles. The molecular formula is C16H18N2O3S. The third-order valence-corrected chi connectivity index (χ3v) is 4.21. The van der Waals surface area contributed by atoms with Crippen molar-refractivity contribution < 1.29 is 14.3 Å². The zero-order valence-corrected chi connectivity index (χ0v) is 13.2. The molecule has 0 unspecified atom stereocenters. The van der Waals surface area contributed by atoms with Crippen molar-refractivity contribution in [3.8, 4) is 11.5 Å². The lowest BCUT2D eigenvalue weighted by atomic mass is 10.2. The summed E-state index contributed by atoms with van der Waals surface area (Å²) in [5.74, 6) is 1.50. The molecule has 0 fully saturated rings. The number of fused-ring (bicyclic) bond motifs is 1. The van der Waals surface area contributed by atoms with Gasteiger partial charge in [-0.3, -0.25) is 9.69 Å². The Balaban J connectivity index is 1.46. The van der Waals surface area contributed by atoms with Crippen molar-refractivity contribution in [3.63, 3.8) is 0 Å². The van der Waals surface area contributed by atoms with Crippen LogP contribution in [0.1, 0.15) is 10.4 Å². The van der Waals surface area contributed by atoms with Crippen LogP contribution in [0.2, 0.25) is 0 Å². The largest absolute Gasteiger partial charge is 0.454 e. The first-order valence-electron chi connectivity index (χ1n) is 7.07. The van der Waals surface area contributed by atoms with Gasteiger partial charge in [-0.15, -0.1) is 11.3 Å². The standard InChI is InChI=1S/C16H18N2O3S/c1-18(9-13-3-2-6-22-13)10-16(19)17-8-12-4-5-14-15(7-12)21-11-20-14/h2-7H,8-11H2,1H3,(H,17,19). The van der Waals surface area contributed by atoms with Crippen LogP contribution >= 0.6 is 11.3 Å². The smallest absolute Gasteiger partial charge is 0.234 e. The summed E-state index contributed by atoms with van der Waals surface area (Å²) in [6.45, 7) is 1.92. The molecule has 1 aliphatic rings. The van der Waals surface area contributed by atoms with Gasteiger partial charge in [0, 0.05) is 18.0 Å². The molecule has 5 nitrogen and oxygen atoms in total. The maximum Gasteiger partial charge on any atom is 0.234 e. The number of hydrogen-bond donors (Lipinski definition) is 1. The lowest BCUT2D eigenvalue weighted by Crippen LogP contribution is -2.34. The molecule has 2 aromatic rings. The van der Waals surface area contributed by atoms with Crippen LogP contribution in [0.3, 0.4) is 0 Å². The van der Waals surface area contributed by atoms with E-state index in [4.69, 9.17) is 9.47 Å². The number of rotatable bonds is 6. The second-order valence-electron chi connectivity index (χ2n) is 5.22. The van der Waals surface area contributed by atoms with Crippen LogP contribution in [0.15, 0.2) is 35.7 Å². The van der Waals surface area contributed by atoms with Gasteiger partial charge in [-0.25, -0.2) is 0 Å². The van der Waals surface area contributed by atoms with E-state index in [1.807, 2.05) is 41.6 Å². The van der Waals surface area contributed by atoms with Crippen molar-refractivity contribution in [2.45, 2.75) is 13.1 Å². The lowest BCUT2D eigenvalue weighted by molar-refractivity contribution is -0.122. The Labute approximate surface area is 133 Å². The number of amides is 1. The monoisotopic (exact) mass is 318 g/mol. The van der Waals surface area contributed by atoms with Crippen LogP contribution in [0.4, 0.5) is 0 Å². The molecule has 1 aromatic heterocycles. The fourth-order valence-corrected chi connectivity index (χ4v) is 3.06. The Morgan fingerprint density at radius 1 is 1.32 bits per heavy atom. The summed E-state index contributed by atoms with van der Waals surface area (Å²) < 4.78 is 10.6. The first-order valence-corrected chi connectivity index (χ1v) is 7.95. The molecule has 0 radical (unpaired) electrons. The number of thiophene rings is 1. The molecule has 6 heteroatoms. The van der Waals surface area contributed by atoms with Gasteiger partial charge < -0.3 is 14.8 Å². The second-order valence-corrected chi connectivity index (χ2v) is 6.25. The third-order valence-electron chi connectivity index (χ3n) is 3.35. The molecule has 22 heavy (non-hydrogen) atoms. The number of benzene rings is 1. The molecule has 1 amide bonds. The van der Waals surface area contributed by atoms with Crippen molar-refractivity contribution in [2.24, 2.45) is 0 Å². The van der Waals surface area contributed by atoms with E-state index in [-0.39, 0.29) is 12.7 Å². The molecule has 3 rings (SSSR count). The number of nitrogens with one attached hydrogen (secondary N) is 1. The maximum atomic E-state index is 12.0. The Morgan fingerprint density at radius 2 is 2.18 bits per heavy atom. The quantitative estimate of drug-likeness (QED) is 0.887. The Hall–Kier alpha value is -2.05. The molecule has 2 heterocycles. The molecule has 0 saturated heterocycles. The Kier molecular flexibility index (Phi) is 4.60. The fourth-order valence-electron chi connectivity index (χ4n) is 2.28. The van der Waals surface area contributed by atoms with Gasteiger partial charge in [-0.2, -0.15) is 0 Å².